The van der Waals surface area contributed by atoms with Gasteiger partial charge in [0, 0.05) is 37.0 Å². The summed E-state index contributed by atoms with van der Waals surface area (Å²) in [5.41, 5.74) is 0.602. The van der Waals surface area contributed by atoms with Gasteiger partial charge >= 0.3 is 0 Å². The van der Waals surface area contributed by atoms with Crippen molar-refractivity contribution < 1.29 is 17.7 Å². The minimum absolute atomic E-state index is 0.0739. The molecule has 8 nitrogen and oxygen atoms in total. The van der Waals surface area contributed by atoms with E-state index < -0.39 is 10.0 Å². The molecule has 0 unspecified atom stereocenters. The molecule has 2 fully saturated rings. The number of benzene rings is 1. The third kappa shape index (κ3) is 4.41. The number of aromatic nitrogens is 2. The maximum Gasteiger partial charge on any atom is 0.243 e. The van der Waals surface area contributed by atoms with E-state index in [-0.39, 0.29) is 16.7 Å². The van der Waals surface area contributed by atoms with Crippen molar-refractivity contribution in [1.29, 1.82) is 0 Å². The minimum Gasteiger partial charge on any atom is -0.353 e. The molecule has 162 valence electrons. The van der Waals surface area contributed by atoms with E-state index in [1.165, 1.54) is 17.1 Å². The maximum atomic E-state index is 13.1. The molecule has 0 radical (unpaired) electrons. The summed E-state index contributed by atoms with van der Waals surface area (Å²) < 4.78 is 32.9. The van der Waals surface area contributed by atoms with Gasteiger partial charge in [-0.25, -0.2) is 8.42 Å². The fourth-order valence-electron chi connectivity index (χ4n) is 4.21. The van der Waals surface area contributed by atoms with E-state index in [0.29, 0.717) is 55.7 Å². The number of aryl methyl sites for hydroxylation is 1. The minimum atomic E-state index is -3.65. The molecule has 2 aromatic rings. The predicted molar refractivity (Wildman–Crippen MR) is 111 cm³/mol. The molecule has 1 aromatic carbocycles. The van der Waals surface area contributed by atoms with E-state index in [4.69, 9.17) is 4.52 Å². The standard InChI is InChI=1S/C21H28N4O4S/c1-2-19-23-20(24-29-19)16-6-5-9-18(14-16)30(27,28)25-12-10-15(11-13-25)21(26)22-17-7-3-4-8-17/h5-6,9,14-15,17H,2-4,7-8,10-13H2,1H3,(H,22,26). The number of carbonyl (C=O) groups is 1. The first-order valence-electron chi connectivity index (χ1n) is 10.7. The summed E-state index contributed by atoms with van der Waals surface area (Å²) in [5, 5.41) is 7.06. The molecule has 1 amide bonds. The highest BCUT2D eigenvalue weighted by molar-refractivity contribution is 7.89. The van der Waals surface area contributed by atoms with Crippen LogP contribution in [0.1, 0.15) is 51.3 Å². The third-order valence-corrected chi connectivity index (χ3v) is 7.92. The van der Waals surface area contributed by atoms with Crippen molar-refractivity contribution in [2.24, 2.45) is 5.92 Å². The summed E-state index contributed by atoms with van der Waals surface area (Å²) >= 11 is 0. The predicted octanol–water partition coefficient (Wildman–Crippen LogP) is 2.76. The van der Waals surface area contributed by atoms with E-state index in [9.17, 15) is 13.2 Å². The maximum absolute atomic E-state index is 13.1. The van der Waals surface area contributed by atoms with Gasteiger partial charge in [0.1, 0.15) is 0 Å². The first-order valence-corrected chi connectivity index (χ1v) is 12.1. The molecule has 30 heavy (non-hydrogen) atoms. The second kappa shape index (κ2) is 8.85. The van der Waals surface area contributed by atoms with Crippen LogP contribution in [-0.2, 0) is 21.2 Å². The van der Waals surface area contributed by atoms with Crippen LogP contribution >= 0.6 is 0 Å². The zero-order chi connectivity index (χ0) is 21.1. The Labute approximate surface area is 177 Å². The smallest absolute Gasteiger partial charge is 0.243 e. The van der Waals surface area contributed by atoms with Crippen molar-refractivity contribution in [2.75, 3.05) is 13.1 Å². The van der Waals surface area contributed by atoms with Crippen molar-refractivity contribution in [3.63, 3.8) is 0 Å². The number of nitrogens with zero attached hydrogens (tertiary/aromatic N) is 3. The number of hydrogen-bond donors (Lipinski definition) is 1. The van der Waals surface area contributed by atoms with Crippen LogP contribution in [0.15, 0.2) is 33.7 Å². The van der Waals surface area contributed by atoms with Gasteiger partial charge in [0.2, 0.25) is 27.6 Å². The molecule has 1 aliphatic heterocycles. The Hall–Kier alpha value is -2.26. The van der Waals surface area contributed by atoms with Crippen LogP contribution in [-0.4, -0.2) is 47.9 Å². The van der Waals surface area contributed by atoms with Crippen molar-refractivity contribution in [3.8, 4) is 11.4 Å². The SMILES string of the molecule is CCc1nc(-c2cccc(S(=O)(=O)N3CCC(C(=O)NC4CCCC4)CC3)c2)no1. The van der Waals surface area contributed by atoms with Crippen LogP contribution in [0, 0.1) is 5.92 Å². The lowest BCUT2D eigenvalue weighted by molar-refractivity contribution is -0.126. The average Bonchev–Trinajstić information content (AvgIpc) is 3.46. The fourth-order valence-corrected chi connectivity index (χ4v) is 5.72. The molecule has 1 saturated carbocycles. The van der Waals surface area contributed by atoms with E-state index in [1.54, 1.807) is 24.3 Å². The van der Waals surface area contributed by atoms with Crippen molar-refractivity contribution in [2.45, 2.75) is 62.8 Å². The summed E-state index contributed by atoms with van der Waals surface area (Å²) in [7, 11) is -3.65. The average molecular weight is 433 g/mol. The van der Waals surface area contributed by atoms with Gasteiger partial charge < -0.3 is 9.84 Å². The summed E-state index contributed by atoms with van der Waals surface area (Å²) in [6.07, 6.45) is 6.15. The first kappa shape index (κ1) is 21.0. The monoisotopic (exact) mass is 432 g/mol. The second-order valence-electron chi connectivity index (χ2n) is 8.06. The zero-order valence-electron chi connectivity index (χ0n) is 17.2. The van der Waals surface area contributed by atoms with Gasteiger partial charge in [-0.1, -0.05) is 37.1 Å². The number of nitrogens with one attached hydrogen (secondary N) is 1. The normalized spacial score (nSPS) is 19.2. The Morgan fingerprint density at radius 3 is 2.60 bits per heavy atom. The first-order chi connectivity index (χ1) is 14.5. The van der Waals surface area contributed by atoms with Crippen LogP contribution in [0.3, 0.4) is 0 Å². The molecule has 1 aliphatic carbocycles. The van der Waals surface area contributed by atoms with Crippen molar-refractivity contribution in [1.82, 2.24) is 19.8 Å². The molecular formula is C21H28N4O4S. The summed E-state index contributed by atoms with van der Waals surface area (Å²) in [4.78, 5) is 17.0. The third-order valence-electron chi connectivity index (χ3n) is 6.03. The number of hydrogen-bond acceptors (Lipinski definition) is 6. The number of amides is 1. The van der Waals surface area contributed by atoms with Gasteiger partial charge in [-0.15, -0.1) is 0 Å². The Morgan fingerprint density at radius 2 is 1.93 bits per heavy atom. The van der Waals surface area contributed by atoms with Gasteiger partial charge in [0.05, 0.1) is 4.90 Å². The largest absolute Gasteiger partial charge is 0.353 e. The van der Waals surface area contributed by atoms with Gasteiger partial charge in [0.25, 0.3) is 0 Å². The molecule has 0 atom stereocenters. The zero-order valence-corrected chi connectivity index (χ0v) is 18.0. The van der Waals surface area contributed by atoms with Crippen LogP contribution in [0.25, 0.3) is 11.4 Å². The van der Waals surface area contributed by atoms with Crippen molar-refractivity contribution >= 4 is 15.9 Å². The molecule has 4 rings (SSSR count). The lowest BCUT2D eigenvalue weighted by Gasteiger charge is -2.31. The van der Waals surface area contributed by atoms with Crippen LogP contribution < -0.4 is 5.32 Å². The van der Waals surface area contributed by atoms with Gasteiger partial charge in [-0.2, -0.15) is 9.29 Å². The highest BCUT2D eigenvalue weighted by Crippen LogP contribution is 2.27. The molecule has 2 aliphatic rings. The number of rotatable bonds is 6. The van der Waals surface area contributed by atoms with E-state index in [0.717, 1.165) is 12.8 Å². The summed E-state index contributed by atoms with van der Waals surface area (Å²) in [5.74, 6) is 0.849. The lowest BCUT2D eigenvalue weighted by atomic mass is 9.97. The van der Waals surface area contributed by atoms with Crippen LogP contribution in [0.4, 0.5) is 0 Å². The molecular weight excluding hydrogens is 404 g/mol. The molecule has 0 spiro atoms. The number of sulfonamides is 1. The molecule has 1 aromatic heterocycles. The number of carbonyl (C=O) groups excluding carboxylic acids is 1. The Kier molecular flexibility index (Phi) is 6.19. The van der Waals surface area contributed by atoms with E-state index >= 15 is 0 Å². The summed E-state index contributed by atoms with van der Waals surface area (Å²) in [6.45, 7) is 2.60. The topological polar surface area (TPSA) is 105 Å². The Bertz CT molecular complexity index is 990. The van der Waals surface area contributed by atoms with Gasteiger partial charge in [0.15, 0.2) is 0 Å². The fraction of sp³-hybridized carbons (Fsp3) is 0.571. The second-order valence-corrected chi connectivity index (χ2v) is 10.00. The quantitative estimate of drug-likeness (QED) is 0.752. The van der Waals surface area contributed by atoms with Crippen LogP contribution in [0.2, 0.25) is 0 Å². The highest BCUT2D eigenvalue weighted by Gasteiger charge is 2.33. The van der Waals surface area contributed by atoms with E-state index in [2.05, 4.69) is 15.5 Å². The molecule has 2 heterocycles. The molecule has 1 saturated heterocycles. The van der Waals surface area contributed by atoms with Gasteiger partial charge in [-0.05, 0) is 37.8 Å². The molecule has 9 heteroatoms. The molecule has 0 bridgehead atoms. The van der Waals surface area contributed by atoms with E-state index in [1.807, 2.05) is 6.92 Å². The molecule has 1 N–H and O–H groups in total. The van der Waals surface area contributed by atoms with Crippen LogP contribution in [0.5, 0.6) is 0 Å². The summed E-state index contributed by atoms with van der Waals surface area (Å²) in [6, 6.07) is 6.91. The lowest BCUT2D eigenvalue weighted by Crippen LogP contribution is -2.44. The van der Waals surface area contributed by atoms with Crippen molar-refractivity contribution in [3.05, 3.63) is 30.2 Å². The Balaban J connectivity index is 1.42. The number of piperidine rings is 1. The highest BCUT2D eigenvalue weighted by atomic mass is 32.2. The Morgan fingerprint density at radius 1 is 1.20 bits per heavy atom. The van der Waals surface area contributed by atoms with Gasteiger partial charge in [-0.3, -0.25) is 4.79 Å².